The van der Waals surface area contributed by atoms with Gasteiger partial charge < -0.3 is 10.5 Å². The van der Waals surface area contributed by atoms with Crippen molar-refractivity contribution in [2.45, 2.75) is 13.3 Å². The largest absolute Gasteiger partial charge is 0.466 e. The summed E-state index contributed by atoms with van der Waals surface area (Å²) in [6.45, 7) is 1.74. The molecular formula is C7H11NO3. The standard InChI is InChI=1S/C7H11NO3/c1-3-5(4-6(8)9)7(10)11-2/h4H,3H2,1-2H3,(H2,8,9)/b5-4-. The Bertz CT molecular complexity index is 196. The highest BCUT2D eigenvalue weighted by atomic mass is 16.5. The van der Waals surface area contributed by atoms with Crippen LogP contribution in [0.2, 0.25) is 0 Å². The van der Waals surface area contributed by atoms with Gasteiger partial charge in [-0.05, 0) is 6.42 Å². The zero-order valence-electron chi connectivity index (χ0n) is 6.59. The van der Waals surface area contributed by atoms with Crippen molar-refractivity contribution in [1.29, 1.82) is 0 Å². The Morgan fingerprint density at radius 1 is 1.55 bits per heavy atom. The van der Waals surface area contributed by atoms with Gasteiger partial charge >= 0.3 is 5.97 Å². The Hall–Kier alpha value is -1.32. The van der Waals surface area contributed by atoms with E-state index in [2.05, 4.69) is 4.74 Å². The van der Waals surface area contributed by atoms with Gasteiger partial charge in [-0.25, -0.2) is 4.79 Å². The van der Waals surface area contributed by atoms with Gasteiger partial charge in [-0.1, -0.05) is 6.92 Å². The zero-order valence-corrected chi connectivity index (χ0v) is 6.59. The summed E-state index contributed by atoms with van der Waals surface area (Å²) in [5.41, 5.74) is 5.13. The van der Waals surface area contributed by atoms with Crippen LogP contribution in [0.25, 0.3) is 0 Å². The minimum absolute atomic E-state index is 0.292. The highest BCUT2D eigenvalue weighted by Gasteiger charge is 2.07. The van der Waals surface area contributed by atoms with Crippen LogP contribution in [-0.4, -0.2) is 19.0 Å². The fraction of sp³-hybridized carbons (Fsp3) is 0.429. The van der Waals surface area contributed by atoms with Crippen molar-refractivity contribution in [3.05, 3.63) is 11.6 Å². The molecule has 0 fully saturated rings. The van der Waals surface area contributed by atoms with Crippen molar-refractivity contribution in [3.63, 3.8) is 0 Å². The first-order valence-electron chi connectivity index (χ1n) is 3.20. The summed E-state index contributed by atoms with van der Waals surface area (Å²) in [5.74, 6) is -1.14. The number of methoxy groups -OCH3 is 1. The normalized spacial score (nSPS) is 10.9. The minimum Gasteiger partial charge on any atom is -0.466 e. The number of primary amides is 1. The van der Waals surface area contributed by atoms with E-state index in [-0.39, 0.29) is 0 Å². The maximum absolute atomic E-state index is 10.8. The molecule has 11 heavy (non-hydrogen) atoms. The molecule has 0 aliphatic carbocycles. The van der Waals surface area contributed by atoms with E-state index in [1.807, 2.05) is 0 Å². The number of hydrogen-bond acceptors (Lipinski definition) is 3. The molecule has 0 atom stereocenters. The fourth-order valence-corrected chi connectivity index (χ4v) is 0.608. The topological polar surface area (TPSA) is 69.4 Å². The van der Waals surface area contributed by atoms with Crippen molar-refractivity contribution in [2.75, 3.05) is 7.11 Å². The van der Waals surface area contributed by atoms with E-state index in [0.29, 0.717) is 12.0 Å². The SMILES string of the molecule is CC/C(=C/C(N)=O)C(=O)OC. The summed E-state index contributed by atoms with van der Waals surface area (Å²) < 4.78 is 4.39. The lowest BCUT2D eigenvalue weighted by Crippen LogP contribution is -2.11. The van der Waals surface area contributed by atoms with E-state index >= 15 is 0 Å². The second-order valence-electron chi connectivity index (χ2n) is 1.92. The average Bonchev–Trinajstić information content (AvgIpc) is 1.98. The first-order chi connectivity index (χ1) is 5.11. The molecule has 4 nitrogen and oxygen atoms in total. The average molecular weight is 157 g/mol. The van der Waals surface area contributed by atoms with Crippen LogP contribution in [0.15, 0.2) is 11.6 Å². The first-order valence-corrected chi connectivity index (χ1v) is 3.20. The Balaban J connectivity index is 4.39. The lowest BCUT2D eigenvalue weighted by Gasteiger charge is -1.99. The number of ether oxygens (including phenoxy) is 1. The molecule has 2 N–H and O–H groups in total. The summed E-state index contributed by atoms with van der Waals surface area (Å²) in [4.78, 5) is 21.1. The highest BCUT2D eigenvalue weighted by molar-refractivity contribution is 5.97. The van der Waals surface area contributed by atoms with Gasteiger partial charge in [0, 0.05) is 11.6 Å². The molecule has 0 spiro atoms. The van der Waals surface area contributed by atoms with Crippen LogP contribution in [0.4, 0.5) is 0 Å². The van der Waals surface area contributed by atoms with Gasteiger partial charge in [0.15, 0.2) is 0 Å². The molecule has 0 saturated carbocycles. The number of hydrogen-bond donors (Lipinski definition) is 1. The molecule has 0 aromatic heterocycles. The van der Waals surface area contributed by atoms with E-state index in [1.165, 1.54) is 7.11 Å². The lowest BCUT2D eigenvalue weighted by molar-refractivity contribution is -0.136. The van der Waals surface area contributed by atoms with Crippen molar-refractivity contribution < 1.29 is 14.3 Å². The molecule has 0 aromatic rings. The van der Waals surface area contributed by atoms with Crippen LogP contribution in [0, 0.1) is 0 Å². The monoisotopic (exact) mass is 157 g/mol. The molecular weight excluding hydrogens is 146 g/mol. The van der Waals surface area contributed by atoms with Gasteiger partial charge in [0.2, 0.25) is 5.91 Å². The molecule has 0 aromatic carbocycles. The Morgan fingerprint density at radius 2 is 2.09 bits per heavy atom. The molecule has 62 valence electrons. The van der Waals surface area contributed by atoms with Crippen molar-refractivity contribution >= 4 is 11.9 Å². The van der Waals surface area contributed by atoms with E-state index in [1.54, 1.807) is 6.92 Å². The fourth-order valence-electron chi connectivity index (χ4n) is 0.608. The predicted octanol–water partition coefficient (Wildman–Crippen LogP) is -0.0189. The summed E-state index contributed by atoms with van der Waals surface area (Å²) in [5, 5.41) is 0. The van der Waals surface area contributed by atoms with Crippen molar-refractivity contribution in [1.82, 2.24) is 0 Å². The van der Waals surface area contributed by atoms with Crippen LogP contribution in [0.5, 0.6) is 0 Å². The zero-order chi connectivity index (χ0) is 8.85. The summed E-state index contributed by atoms with van der Waals surface area (Å²) in [6.07, 6.45) is 1.52. The molecule has 4 heteroatoms. The molecule has 1 amide bonds. The molecule has 0 rings (SSSR count). The molecule has 0 heterocycles. The molecule has 0 unspecified atom stereocenters. The Labute approximate surface area is 65.0 Å². The molecule has 0 aliphatic heterocycles. The van der Waals surface area contributed by atoms with Gasteiger partial charge in [-0.2, -0.15) is 0 Å². The number of rotatable bonds is 3. The molecule has 0 radical (unpaired) electrons. The first kappa shape index (κ1) is 9.68. The van der Waals surface area contributed by atoms with Crippen LogP contribution < -0.4 is 5.73 Å². The molecule has 0 aliphatic rings. The minimum atomic E-state index is -0.632. The number of esters is 1. The molecule has 0 saturated heterocycles. The Kier molecular flexibility index (Phi) is 3.95. The Morgan fingerprint density at radius 3 is 2.36 bits per heavy atom. The number of carbonyl (C=O) groups excluding carboxylic acids is 2. The quantitative estimate of drug-likeness (QED) is 0.462. The molecule has 0 bridgehead atoms. The third kappa shape index (κ3) is 3.40. The second-order valence-corrected chi connectivity index (χ2v) is 1.92. The van der Waals surface area contributed by atoms with Crippen LogP contribution in [-0.2, 0) is 14.3 Å². The third-order valence-corrected chi connectivity index (χ3v) is 1.14. The second kappa shape index (κ2) is 4.49. The number of amides is 1. The number of carbonyl (C=O) groups is 2. The van der Waals surface area contributed by atoms with Gasteiger partial charge in [0.25, 0.3) is 0 Å². The maximum atomic E-state index is 10.8. The van der Waals surface area contributed by atoms with Crippen LogP contribution in [0.1, 0.15) is 13.3 Å². The maximum Gasteiger partial charge on any atom is 0.333 e. The van der Waals surface area contributed by atoms with E-state index in [4.69, 9.17) is 5.73 Å². The third-order valence-electron chi connectivity index (χ3n) is 1.14. The van der Waals surface area contributed by atoms with Crippen molar-refractivity contribution in [3.8, 4) is 0 Å². The predicted molar refractivity (Wildman–Crippen MR) is 39.6 cm³/mol. The summed E-state index contributed by atoms with van der Waals surface area (Å²) >= 11 is 0. The van der Waals surface area contributed by atoms with E-state index < -0.39 is 11.9 Å². The van der Waals surface area contributed by atoms with Crippen LogP contribution in [0.3, 0.4) is 0 Å². The summed E-state index contributed by atoms with van der Waals surface area (Å²) in [7, 11) is 1.26. The van der Waals surface area contributed by atoms with Gasteiger partial charge in [-0.3, -0.25) is 4.79 Å². The van der Waals surface area contributed by atoms with Gasteiger partial charge in [0.05, 0.1) is 7.11 Å². The van der Waals surface area contributed by atoms with Crippen LogP contribution >= 0.6 is 0 Å². The lowest BCUT2D eigenvalue weighted by atomic mass is 10.2. The van der Waals surface area contributed by atoms with E-state index in [9.17, 15) is 9.59 Å². The highest BCUT2D eigenvalue weighted by Crippen LogP contribution is 2.01. The number of nitrogens with two attached hydrogens (primary N) is 1. The van der Waals surface area contributed by atoms with Crippen molar-refractivity contribution in [2.24, 2.45) is 5.73 Å². The van der Waals surface area contributed by atoms with E-state index in [0.717, 1.165) is 6.08 Å². The van der Waals surface area contributed by atoms with Gasteiger partial charge in [-0.15, -0.1) is 0 Å². The summed E-state index contributed by atoms with van der Waals surface area (Å²) in [6, 6.07) is 0. The smallest absolute Gasteiger partial charge is 0.333 e. The van der Waals surface area contributed by atoms with Gasteiger partial charge in [0.1, 0.15) is 0 Å².